The van der Waals surface area contributed by atoms with Gasteiger partial charge in [-0.3, -0.25) is 5.32 Å². The summed E-state index contributed by atoms with van der Waals surface area (Å²) in [4.78, 5) is 0. The van der Waals surface area contributed by atoms with Crippen LogP contribution in [0.1, 0.15) is 32.2 Å². The van der Waals surface area contributed by atoms with Crippen molar-refractivity contribution < 1.29 is 0 Å². The highest BCUT2D eigenvalue weighted by atomic mass is 32.2. The van der Waals surface area contributed by atoms with Gasteiger partial charge in [0.05, 0.1) is 6.07 Å². The van der Waals surface area contributed by atoms with Crippen molar-refractivity contribution in [2.24, 2.45) is 0 Å². The van der Waals surface area contributed by atoms with E-state index in [1.165, 1.54) is 0 Å². The minimum Gasteiger partial charge on any atom is -0.297 e. The minimum absolute atomic E-state index is 0.313. The number of nitriles is 1. The Hall–Kier alpha value is -0.640. The first-order chi connectivity index (χ1) is 7.95. The average molecular weight is 270 g/mol. The van der Waals surface area contributed by atoms with E-state index in [9.17, 15) is 5.26 Å². The number of thioether (sulfide) groups is 1. The number of nitrogens with one attached hydrogen (secondary N) is 1. The largest absolute Gasteiger partial charge is 0.297 e. The zero-order valence-electron chi connectivity index (χ0n) is 10.6. The molecule has 1 unspecified atom stereocenters. The normalized spacial score (nSPS) is 14.6. The molecule has 6 heteroatoms. The summed E-state index contributed by atoms with van der Waals surface area (Å²) in [6.45, 7) is 7.99. The fourth-order valence-electron chi connectivity index (χ4n) is 1.48. The number of hydrogen-bond acceptors (Lipinski definition) is 6. The van der Waals surface area contributed by atoms with Crippen LogP contribution in [0, 0.1) is 18.3 Å². The maximum atomic E-state index is 9.19. The number of nitrogens with zero attached hydrogens (tertiary/aromatic N) is 3. The molecule has 0 radical (unpaired) electrons. The molecule has 4 nitrogen and oxygen atoms in total. The Balaban J connectivity index is 2.41. The highest BCUT2D eigenvalue weighted by molar-refractivity contribution is 8.01. The molecule has 0 saturated heterocycles. The number of aromatic nitrogens is 2. The number of hydrogen-bond donors (Lipinski definition) is 1. The van der Waals surface area contributed by atoms with Crippen molar-refractivity contribution in [1.82, 2.24) is 15.5 Å². The molecule has 94 valence electrons. The highest BCUT2D eigenvalue weighted by Crippen LogP contribution is 2.24. The van der Waals surface area contributed by atoms with E-state index >= 15 is 0 Å². The van der Waals surface area contributed by atoms with Gasteiger partial charge in [0.25, 0.3) is 0 Å². The van der Waals surface area contributed by atoms with Gasteiger partial charge in [-0.2, -0.15) is 5.26 Å². The lowest BCUT2D eigenvalue weighted by Crippen LogP contribution is -2.45. The van der Waals surface area contributed by atoms with Crippen LogP contribution < -0.4 is 5.32 Å². The third-order valence-corrected chi connectivity index (χ3v) is 4.16. The van der Waals surface area contributed by atoms with E-state index < -0.39 is 5.54 Å². The van der Waals surface area contributed by atoms with Crippen LogP contribution in [-0.4, -0.2) is 27.5 Å². The fourth-order valence-corrected chi connectivity index (χ4v) is 3.52. The molecule has 17 heavy (non-hydrogen) atoms. The molecule has 1 N–H and O–H groups in total. The van der Waals surface area contributed by atoms with Crippen LogP contribution in [0.4, 0.5) is 0 Å². The molecule has 1 aromatic rings. The monoisotopic (exact) mass is 270 g/mol. The Labute approximate surface area is 111 Å². The van der Waals surface area contributed by atoms with Crippen LogP contribution in [-0.2, 0) is 0 Å². The predicted molar refractivity (Wildman–Crippen MR) is 72.3 cm³/mol. The molecule has 0 fully saturated rings. The Morgan fingerprint density at radius 3 is 2.71 bits per heavy atom. The Morgan fingerprint density at radius 1 is 1.53 bits per heavy atom. The molecule has 0 aliphatic heterocycles. The van der Waals surface area contributed by atoms with Crippen LogP contribution >= 0.6 is 23.1 Å². The standard InChI is InChI=1S/C11H18N4S2/c1-8(2)13-11(4,7-12)5-6-16-10-15-14-9(3)17-10/h8,13H,5-6H2,1-4H3. The molecule has 0 saturated carbocycles. The smallest absolute Gasteiger partial charge is 0.174 e. The molecule has 1 atom stereocenters. The summed E-state index contributed by atoms with van der Waals surface area (Å²) < 4.78 is 0.979. The van der Waals surface area contributed by atoms with Crippen molar-refractivity contribution >= 4 is 23.1 Å². The second kappa shape index (κ2) is 6.34. The van der Waals surface area contributed by atoms with Crippen LogP contribution in [0.15, 0.2) is 4.34 Å². The number of rotatable bonds is 6. The first-order valence-corrected chi connectivity index (χ1v) is 7.37. The summed E-state index contributed by atoms with van der Waals surface area (Å²) >= 11 is 3.26. The van der Waals surface area contributed by atoms with Gasteiger partial charge in [-0.05, 0) is 34.1 Å². The Bertz CT molecular complexity index is 396. The summed E-state index contributed by atoms with van der Waals surface area (Å²) in [5.74, 6) is 0.873. The van der Waals surface area contributed by atoms with Gasteiger partial charge in [-0.25, -0.2) is 0 Å². The maximum Gasteiger partial charge on any atom is 0.174 e. The van der Waals surface area contributed by atoms with E-state index in [-0.39, 0.29) is 0 Å². The van der Waals surface area contributed by atoms with Gasteiger partial charge >= 0.3 is 0 Å². The summed E-state index contributed by atoms with van der Waals surface area (Å²) in [5, 5.41) is 21.5. The van der Waals surface area contributed by atoms with Gasteiger partial charge in [-0.1, -0.05) is 23.1 Å². The molecule has 0 aliphatic rings. The highest BCUT2D eigenvalue weighted by Gasteiger charge is 2.24. The molecule has 0 aromatic carbocycles. The number of aryl methyl sites for hydroxylation is 1. The lowest BCUT2D eigenvalue weighted by molar-refractivity contribution is 0.397. The lowest BCUT2D eigenvalue weighted by atomic mass is 10.0. The van der Waals surface area contributed by atoms with Gasteiger partial charge < -0.3 is 0 Å². The van der Waals surface area contributed by atoms with E-state index in [1.54, 1.807) is 23.1 Å². The fraction of sp³-hybridized carbons (Fsp3) is 0.727. The van der Waals surface area contributed by atoms with E-state index in [1.807, 2.05) is 13.8 Å². The lowest BCUT2D eigenvalue weighted by Gasteiger charge is -2.25. The van der Waals surface area contributed by atoms with E-state index in [4.69, 9.17) is 0 Å². The third-order valence-electron chi connectivity index (χ3n) is 2.19. The summed E-state index contributed by atoms with van der Waals surface area (Å²) in [6.07, 6.45) is 0.797. The van der Waals surface area contributed by atoms with Gasteiger partial charge in [0, 0.05) is 11.8 Å². The third kappa shape index (κ3) is 5.02. The summed E-state index contributed by atoms with van der Waals surface area (Å²) in [7, 11) is 0. The molecule has 1 rings (SSSR count). The maximum absolute atomic E-state index is 9.19. The van der Waals surface area contributed by atoms with Gasteiger partial charge in [0.2, 0.25) is 0 Å². The molecular formula is C11H18N4S2. The van der Waals surface area contributed by atoms with Crippen LogP contribution in [0.3, 0.4) is 0 Å². The molecule has 0 aliphatic carbocycles. The predicted octanol–water partition coefficient (Wildman–Crippen LogP) is 2.61. The summed E-state index contributed by atoms with van der Waals surface area (Å²) in [5.41, 5.74) is -0.457. The molecule has 0 bridgehead atoms. The quantitative estimate of drug-likeness (QED) is 0.805. The van der Waals surface area contributed by atoms with E-state index in [0.29, 0.717) is 6.04 Å². The van der Waals surface area contributed by atoms with Crippen molar-refractivity contribution in [2.45, 2.75) is 50.0 Å². The zero-order valence-corrected chi connectivity index (χ0v) is 12.3. The molecule has 1 heterocycles. The van der Waals surface area contributed by atoms with E-state index in [0.717, 1.165) is 21.5 Å². The Morgan fingerprint density at radius 2 is 2.24 bits per heavy atom. The van der Waals surface area contributed by atoms with Gasteiger partial charge in [-0.15, -0.1) is 10.2 Å². The van der Waals surface area contributed by atoms with Gasteiger partial charge in [0.1, 0.15) is 10.5 Å². The average Bonchev–Trinajstić information content (AvgIpc) is 2.63. The van der Waals surface area contributed by atoms with Crippen LogP contribution in [0.2, 0.25) is 0 Å². The van der Waals surface area contributed by atoms with Crippen molar-refractivity contribution in [3.63, 3.8) is 0 Å². The van der Waals surface area contributed by atoms with Crippen LogP contribution in [0.5, 0.6) is 0 Å². The summed E-state index contributed by atoms with van der Waals surface area (Å²) in [6, 6.07) is 2.66. The van der Waals surface area contributed by atoms with Crippen molar-refractivity contribution in [1.29, 1.82) is 5.26 Å². The second-order valence-corrected chi connectivity index (χ2v) is 6.95. The SMILES string of the molecule is Cc1nnc(SCCC(C)(C#N)NC(C)C)s1. The second-order valence-electron chi connectivity index (χ2n) is 4.43. The van der Waals surface area contributed by atoms with E-state index in [2.05, 4.69) is 35.4 Å². The van der Waals surface area contributed by atoms with Gasteiger partial charge in [0.15, 0.2) is 4.34 Å². The Kier molecular flexibility index (Phi) is 5.37. The minimum atomic E-state index is -0.457. The molecule has 1 aromatic heterocycles. The van der Waals surface area contributed by atoms with Crippen molar-refractivity contribution in [3.05, 3.63) is 5.01 Å². The van der Waals surface area contributed by atoms with Crippen LogP contribution in [0.25, 0.3) is 0 Å². The molecule has 0 spiro atoms. The first kappa shape index (κ1) is 14.4. The van der Waals surface area contributed by atoms with Crippen molar-refractivity contribution in [3.8, 4) is 6.07 Å². The topological polar surface area (TPSA) is 61.6 Å². The van der Waals surface area contributed by atoms with Crippen molar-refractivity contribution in [2.75, 3.05) is 5.75 Å². The molecule has 0 amide bonds. The first-order valence-electron chi connectivity index (χ1n) is 5.57. The zero-order chi connectivity index (χ0) is 12.9. The molecular weight excluding hydrogens is 252 g/mol.